The van der Waals surface area contributed by atoms with Crippen LogP contribution in [0.2, 0.25) is 0 Å². The second-order valence-corrected chi connectivity index (χ2v) is 6.92. The summed E-state index contributed by atoms with van der Waals surface area (Å²) in [5.41, 5.74) is 2.97. The lowest BCUT2D eigenvalue weighted by Gasteiger charge is -2.21. The number of aliphatic hydroxyl groups is 1. The molecule has 0 unspecified atom stereocenters. The van der Waals surface area contributed by atoms with Gasteiger partial charge in [-0.3, -0.25) is 0 Å². The van der Waals surface area contributed by atoms with Gasteiger partial charge in [-0.2, -0.15) is 0 Å². The van der Waals surface area contributed by atoms with Crippen molar-refractivity contribution in [2.24, 2.45) is 0 Å². The maximum absolute atomic E-state index is 11.5. The first-order valence-electron chi connectivity index (χ1n) is 10.0. The van der Waals surface area contributed by atoms with Crippen LogP contribution < -0.4 is 10.1 Å². The van der Waals surface area contributed by atoms with Crippen molar-refractivity contribution < 1.29 is 24.5 Å². The molecule has 0 bridgehead atoms. The molecule has 2 rings (SSSR count). The normalized spacial score (nSPS) is 13.0. The predicted octanol–water partition coefficient (Wildman–Crippen LogP) is 3.15. The number of rotatable bonds is 11. The number of hydrogen-bond acceptors (Lipinski definition) is 6. The van der Waals surface area contributed by atoms with Crippen molar-refractivity contribution >= 4 is 5.97 Å². The van der Waals surface area contributed by atoms with Gasteiger partial charge in [0.2, 0.25) is 0 Å². The summed E-state index contributed by atoms with van der Waals surface area (Å²) in [4.78, 5) is 11.5. The third kappa shape index (κ3) is 7.07. The van der Waals surface area contributed by atoms with Gasteiger partial charge in [-0.1, -0.05) is 31.2 Å². The van der Waals surface area contributed by atoms with Gasteiger partial charge in [0.25, 0.3) is 0 Å². The average Bonchev–Trinajstić information content (AvgIpc) is 2.72. The maximum Gasteiger partial charge on any atom is 0.344 e. The topological polar surface area (TPSA) is 88.0 Å². The highest BCUT2D eigenvalue weighted by molar-refractivity contribution is 5.71. The van der Waals surface area contributed by atoms with Crippen LogP contribution in [-0.2, 0) is 22.4 Å². The van der Waals surface area contributed by atoms with Crippen LogP contribution in [0.3, 0.4) is 0 Å². The molecule has 0 aliphatic carbocycles. The van der Waals surface area contributed by atoms with Crippen molar-refractivity contribution in [3.05, 3.63) is 59.2 Å². The fraction of sp³-hybridized carbons (Fsp3) is 0.435. The summed E-state index contributed by atoms with van der Waals surface area (Å²) in [6, 6.07) is 12.4. The molecule has 6 nitrogen and oxygen atoms in total. The van der Waals surface area contributed by atoms with Crippen molar-refractivity contribution in [1.29, 1.82) is 0 Å². The number of carbonyl (C=O) groups excluding carboxylic acids is 1. The van der Waals surface area contributed by atoms with Crippen LogP contribution in [0.5, 0.6) is 11.5 Å². The molecule has 158 valence electrons. The van der Waals surface area contributed by atoms with Crippen molar-refractivity contribution in [1.82, 2.24) is 5.32 Å². The van der Waals surface area contributed by atoms with Crippen LogP contribution in [0.1, 0.15) is 43.6 Å². The van der Waals surface area contributed by atoms with E-state index < -0.39 is 6.10 Å². The van der Waals surface area contributed by atoms with E-state index >= 15 is 0 Å². The zero-order valence-corrected chi connectivity index (χ0v) is 17.4. The molecule has 0 aliphatic rings. The van der Waals surface area contributed by atoms with Crippen LogP contribution in [0.15, 0.2) is 42.5 Å². The number of ether oxygens (including phenoxy) is 2. The number of hydrogen-bond donors (Lipinski definition) is 3. The highest BCUT2D eigenvalue weighted by Crippen LogP contribution is 2.22. The minimum absolute atomic E-state index is 0.0889. The number of aliphatic hydroxyl groups excluding tert-OH is 1. The largest absolute Gasteiger partial charge is 0.508 e. The number of aromatic hydroxyl groups is 1. The second kappa shape index (κ2) is 11.4. The van der Waals surface area contributed by atoms with Crippen molar-refractivity contribution in [3.63, 3.8) is 0 Å². The molecule has 6 heteroatoms. The molecule has 3 N–H and O–H groups in total. The van der Waals surface area contributed by atoms with Gasteiger partial charge in [0.05, 0.1) is 12.7 Å². The fourth-order valence-electron chi connectivity index (χ4n) is 3.06. The summed E-state index contributed by atoms with van der Waals surface area (Å²) in [6.07, 6.45) is 0.952. The number of benzene rings is 2. The zero-order chi connectivity index (χ0) is 21.2. The summed E-state index contributed by atoms with van der Waals surface area (Å²) in [5, 5.41) is 23.1. The number of phenolic OH excluding ortho intramolecular Hbond substituents is 1. The van der Waals surface area contributed by atoms with E-state index in [2.05, 4.69) is 11.4 Å². The Morgan fingerprint density at radius 2 is 1.86 bits per heavy atom. The minimum atomic E-state index is -0.652. The Hall–Kier alpha value is -2.57. The second-order valence-electron chi connectivity index (χ2n) is 6.92. The Labute approximate surface area is 172 Å². The summed E-state index contributed by atoms with van der Waals surface area (Å²) in [5.74, 6) is 0.514. The van der Waals surface area contributed by atoms with Gasteiger partial charge < -0.3 is 25.0 Å². The van der Waals surface area contributed by atoms with Gasteiger partial charge in [-0.05, 0) is 68.1 Å². The average molecular weight is 402 g/mol. The Balaban J connectivity index is 1.86. The van der Waals surface area contributed by atoms with Crippen LogP contribution in [0, 0.1) is 0 Å². The standard InChI is InChI=1S/C23H31NO5/c1-4-18-14-17(6-11-21(18)29-15-22(26)28-5-2)12-13-24-16(3)23(27)19-7-9-20(25)10-8-19/h6-11,14,16,23-25,27H,4-5,12-13,15H2,1-3H3/t16-,23+/m0/s1. The predicted molar refractivity (Wildman–Crippen MR) is 112 cm³/mol. The summed E-state index contributed by atoms with van der Waals surface area (Å²) >= 11 is 0. The summed E-state index contributed by atoms with van der Waals surface area (Å²) in [6.45, 7) is 6.71. The summed E-state index contributed by atoms with van der Waals surface area (Å²) in [7, 11) is 0. The zero-order valence-electron chi connectivity index (χ0n) is 17.4. The maximum atomic E-state index is 11.5. The minimum Gasteiger partial charge on any atom is -0.508 e. The Kier molecular flexibility index (Phi) is 8.96. The van der Waals surface area contributed by atoms with Gasteiger partial charge in [0.15, 0.2) is 6.61 Å². The highest BCUT2D eigenvalue weighted by atomic mass is 16.6. The lowest BCUT2D eigenvalue weighted by Crippen LogP contribution is -2.33. The Morgan fingerprint density at radius 3 is 2.52 bits per heavy atom. The Bertz CT molecular complexity index is 775. The molecule has 2 aromatic rings. The molecule has 0 amide bonds. The quantitative estimate of drug-likeness (QED) is 0.502. The molecule has 0 fully saturated rings. The van der Waals surface area contributed by atoms with Crippen molar-refractivity contribution in [3.8, 4) is 11.5 Å². The van der Waals surface area contributed by atoms with Crippen LogP contribution >= 0.6 is 0 Å². The van der Waals surface area contributed by atoms with Crippen LogP contribution in [0.25, 0.3) is 0 Å². The van der Waals surface area contributed by atoms with Crippen LogP contribution in [-0.4, -0.2) is 42.0 Å². The van der Waals surface area contributed by atoms with Gasteiger partial charge in [-0.15, -0.1) is 0 Å². The lowest BCUT2D eigenvalue weighted by atomic mass is 10.0. The van der Waals surface area contributed by atoms with Gasteiger partial charge in [0.1, 0.15) is 11.5 Å². The highest BCUT2D eigenvalue weighted by Gasteiger charge is 2.16. The first-order valence-corrected chi connectivity index (χ1v) is 10.0. The molecule has 2 aromatic carbocycles. The first-order chi connectivity index (χ1) is 13.9. The molecule has 0 saturated carbocycles. The van der Waals surface area contributed by atoms with E-state index in [-0.39, 0.29) is 24.4 Å². The smallest absolute Gasteiger partial charge is 0.344 e. The molecule has 29 heavy (non-hydrogen) atoms. The SMILES string of the molecule is CCOC(=O)COc1ccc(CCN[C@@H](C)[C@@H](O)c2ccc(O)cc2)cc1CC. The molecular formula is C23H31NO5. The van der Waals surface area contributed by atoms with E-state index in [1.165, 1.54) is 0 Å². The molecule has 0 radical (unpaired) electrons. The van der Waals surface area contributed by atoms with E-state index in [0.29, 0.717) is 18.9 Å². The van der Waals surface area contributed by atoms with E-state index in [1.54, 1.807) is 31.2 Å². The molecule has 2 atom stereocenters. The Morgan fingerprint density at radius 1 is 1.14 bits per heavy atom. The van der Waals surface area contributed by atoms with E-state index in [1.807, 2.05) is 26.0 Å². The summed E-state index contributed by atoms with van der Waals surface area (Å²) < 4.78 is 10.5. The van der Waals surface area contributed by atoms with E-state index in [0.717, 1.165) is 29.5 Å². The molecule has 0 spiro atoms. The van der Waals surface area contributed by atoms with Crippen LogP contribution in [0.4, 0.5) is 0 Å². The van der Waals surface area contributed by atoms with E-state index in [4.69, 9.17) is 9.47 Å². The molecule has 0 aliphatic heterocycles. The third-order valence-corrected chi connectivity index (χ3v) is 4.74. The van der Waals surface area contributed by atoms with Crippen molar-refractivity contribution in [2.45, 2.75) is 45.8 Å². The number of esters is 1. The van der Waals surface area contributed by atoms with Gasteiger partial charge in [0, 0.05) is 6.04 Å². The first kappa shape index (κ1) is 22.7. The fourth-order valence-corrected chi connectivity index (χ4v) is 3.06. The van der Waals surface area contributed by atoms with Gasteiger partial charge in [-0.25, -0.2) is 4.79 Å². The third-order valence-electron chi connectivity index (χ3n) is 4.74. The molecule has 0 aromatic heterocycles. The molecule has 0 saturated heterocycles. The molecule has 0 heterocycles. The van der Waals surface area contributed by atoms with Crippen molar-refractivity contribution in [2.75, 3.05) is 19.8 Å². The number of carbonyl (C=O) groups is 1. The number of nitrogens with one attached hydrogen (secondary N) is 1. The molecular weight excluding hydrogens is 370 g/mol. The lowest BCUT2D eigenvalue weighted by molar-refractivity contribution is -0.145. The van der Waals surface area contributed by atoms with E-state index in [9.17, 15) is 15.0 Å². The monoisotopic (exact) mass is 401 g/mol. The number of aryl methyl sites for hydroxylation is 1. The number of phenols is 1. The van der Waals surface area contributed by atoms with Gasteiger partial charge >= 0.3 is 5.97 Å².